The fraction of sp³-hybridized carbons (Fsp3) is 0.367. The molecule has 1 aliphatic carbocycles. The summed E-state index contributed by atoms with van der Waals surface area (Å²) in [5.41, 5.74) is 3.90. The average molecular weight is 551 g/mol. The Kier molecular flexibility index (Phi) is 9.63. The van der Waals surface area contributed by atoms with Gasteiger partial charge in [0.15, 0.2) is 0 Å². The molecule has 0 radical (unpaired) electrons. The third kappa shape index (κ3) is 6.85. The van der Waals surface area contributed by atoms with Crippen molar-refractivity contribution in [3.05, 3.63) is 75.7 Å². The molecule has 0 saturated heterocycles. The van der Waals surface area contributed by atoms with Gasteiger partial charge in [-0.15, -0.1) is 23.1 Å². The van der Waals surface area contributed by atoms with Crippen molar-refractivity contribution in [3.63, 3.8) is 0 Å². The van der Waals surface area contributed by atoms with E-state index in [4.69, 9.17) is 4.74 Å². The lowest BCUT2D eigenvalue weighted by Crippen LogP contribution is -2.25. The van der Waals surface area contributed by atoms with Gasteiger partial charge in [0.25, 0.3) is 5.91 Å². The standard InChI is InChI=1S/C30H34N2O4S2/c1-4-24(37-22-11-9-10-21(18-22)31-27(33)20-16-14-19(2)15-17-20)28(34)32-29-26(30(35)36-3)23-12-7-5-6-8-13-25(23)38-29/h9-11,14-18,24H,4-8,12-13H2,1-3H3,(H,31,33)(H,32,34). The van der Waals surface area contributed by atoms with Gasteiger partial charge in [0, 0.05) is 21.0 Å². The number of ether oxygens (including phenoxy) is 1. The zero-order valence-electron chi connectivity index (χ0n) is 22.1. The van der Waals surface area contributed by atoms with Crippen molar-refractivity contribution in [2.75, 3.05) is 17.7 Å². The molecule has 2 N–H and O–H groups in total. The highest BCUT2D eigenvalue weighted by Crippen LogP contribution is 2.38. The minimum absolute atomic E-state index is 0.147. The van der Waals surface area contributed by atoms with E-state index in [0.29, 0.717) is 28.2 Å². The molecule has 0 saturated carbocycles. The number of methoxy groups -OCH3 is 1. The molecule has 0 fully saturated rings. The maximum absolute atomic E-state index is 13.4. The number of hydrogen-bond donors (Lipinski definition) is 2. The number of fused-ring (bicyclic) bond motifs is 1. The lowest BCUT2D eigenvalue weighted by atomic mass is 9.96. The van der Waals surface area contributed by atoms with Crippen molar-refractivity contribution in [3.8, 4) is 0 Å². The molecule has 200 valence electrons. The summed E-state index contributed by atoms with van der Waals surface area (Å²) >= 11 is 2.95. The number of hydrogen-bond acceptors (Lipinski definition) is 6. The van der Waals surface area contributed by atoms with Crippen molar-refractivity contribution in [1.82, 2.24) is 0 Å². The molecule has 2 aromatic carbocycles. The molecular weight excluding hydrogens is 516 g/mol. The monoisotopic (exact) mass is 550 g/mol. The second-order valence-electron chi connectivity index (χ2n) is 9.47. The molecular formula is C30H34N2O4S2. The first-order chi connectivity index (χ1) is 18.4. The highest BCUT2D eigenvalue weighted by atomic mass is 32.2. The molecule has 1 heterocycles. The van der Waals surface area contributed by atoms with Crippen molar-refractivity contribution >= 4 is 51.6 Å². The van der Waals surface area contributed by atoms with E-state index >= 15 is 0 Å². The van der Waals surface area contributed by atoms with Crippen LogP contribution in [0.5, 0.6) is 0 Å². The van der Waals surface area contributed by atoms with Gasteiger partial charge in [-0.1, -0.05) is 43.5 Å². The lowest BCUT2D eigenvalue weighted by molar-refractivity contribution is -0.115. The second-order valence-corrected chi connectivity index (χ2v) is 11.8. The summed E-state index contributed by atoms with van der Waals surface area (Å²) in [6.45, 7) is 3.95. The van der Waals surface area contributed by atoms with Crippen molar-refractivity contribution in [1.29, 1.82) is 0 Å². The van der Waals surface area contributed by atoms with E-state index in [-0.39, 0.29) is 17.1 Å². The number of carbonyl (C=O) groups is 3. The molecule has 38 heavy (non-hydrogen) atoms. The van der Waals surface area contributed by atoms with Crippen LogP contribution < -0.4 is 10.6 Å². The smallest absolute Gasteiger partial charge is 0.341 e. The van der Waals surface area contributed by atoms with Crippen molar-refractivity contribution in [2.45, 2.75) is 68.9 Å². The topological polar surface area (TPSA) is 84.5 Å². The number of thioether (sulfide) groups is 1. The molecule has 4 rings (SSSR count). The predicted molar refractivity (Wildman–Crippen MR) is 156 cm³/mol. The van der Waals surface area contributed by atoms with Gasteiger partial charge in [0.1, 0.15) is 5.00 Å². The van der Waals surface area contributed by atoms with Gasteiger partial charge in [-0.2, -0.15) is 0 Å². The van der Waals surface area contributed by atoms with Crippen LogP contribution in [0.25, 0.3) is 0 Å². The van der Waals surface area contributed by atoms with Crippen LogP contribution in [-0.2, 0) is 22.4 Å². The Hall–Kier alpha value is -3.10. The third-order valence-corrected chi connectivity index (χ3v) is 9.21. The van der Waals surface area contributed by atoms with Gasteiger partial charge in [-0.3, -0.25) is 9.59 Å². The van der Waals surface area contributed by atoms with Crippen LogP contribution in [0, 0.1) is 6.92 Å². The van der Waals surface area contributed by atoms with Crippen LogP contribution >= 0.6 is 23.1 Å². The number of rotatable bonds is 8. The van der Waals surface area contributed by atoms with Crippen LogP contribution in [0.3, 0.4) is 0 Å². The number of aryl methyl sites for hydroxylation is 2. The Morgan fingerprint density at radius 3 is 2.45 bits per heavy atom. The van der Waals surface area contributed by atoms with Gasteiger partial charge >= 0.3 is 5.97 Å². The Labute approximate surface area is 232 Å². The number of esters is 1. The van der Waals surface area contributed by atoms with Gasteiger partial charge in [-0.25, -0.2) is 4.79 Å². The lowest BCUT2D eigenvalue weighted by Gasteiger charge is -2.16. The minimum Gasteiger partial charge on any atom is -0.465 e. The van der Waals surface area contributed by atoms with E-state index in [9.17, 15) is 14.4 Å². The summed E-state index contributed by atoms with van der Waals surface area (Å²) in [5, 5.41) is 6.22. The van der Waals surface area contributed by atoms with Crippen LogP contribution in [0.2, 0.25) is 0 Å². The van der Waals surface area contributed by atoms with E-state index in [1.165, 1.54) is 41.5 Å². The maximum Gasteiger partial charge on any atom is 0.341 e. The molecule has 0 aliphatic heterocycles. The summed E-state index contributed by atoms with van der Waals surface area (Å²) < 4.78 is 5.10. The fourth-order valence-electron chi connectivity index (χ4n) is 4.56. The quantitative estimate of drug-likeness (QED) is 0.228. The van der Waals surface area contributed by atoms with Gasteiger partial charge in [0.05, 0.1) is 17.9 Å². The third-order valence-electron chi connectivity index (χ3n) is 6.64. The predicted octanol–water partition coefficient (Wildman–Crippen LogP) is 7.26. The normalized spacial score (nSPS) is 14.0. The minimum atomic E-state index is -0.393. The first-order valence-electron chi connectivity index (χ1n) is 13.1. The molecule has 8 heteroatoms. The highest BCUT2D eigenvalue weighted by molar-refractivity contribution is 8.00. The number of carbonyl (C=O) groups excluding carboxylic acids is 3. The molecule has 1 aromatic heterocycles. The van der Waals surface area contributed by atoms with Crippen molar-refractivity contribution in [2.24, 2.45) is 0 Å². The summed E-state index contributed by atoms with van der Waals surface area (Å²) in [7, 11) is 1.39. The van der Waals surface area contributed by atoms with Crippen LogP contribution in [-0.4, -0.2) is 30.1 Å². The first kappa shape index (κ1) is 27.9. The number of amides is 2. The van der Waals surface area contributed by atoms with Crippen LogP contribution in [0.15, 0.2) is 53.4 Å². The number of nitrogens with one attached hydrogen (secondary N) is 2. The van der Waals surface area contributed by atoms with Gasteiger partial charge in [-0.05, 0) is 74.9 Å². The molecule has 3 aromatic rings. The zero-order valence-corrected chi connectivity index (χ0v) is 23.7. The number of anilines is 2. The molecule has 1 unspecified atom stereocenters. The summed E-state index contributed by atoms with van der Waals surface area (Å²) in [6, 6.07) is 14.9. The molecule has 1 atom stereocenters. The highest BCUT2D eigenvalue weighted by Gasteiger charge is 2.28. The van der Waals surface area contributed by atoms with E-state index in [1.807, 2.05) is 50.2 Å². The van der Waals surface area contributed by atoms with Crippen LogP contribution in [0.4, 0.5) is 10.7 Å². The average Bonchev–Trinajstić information content (AvgIpc) is 3.22. The summed E-state index contributed by atoms with van der Waals surface area (Å²) in [4.78, 5) is 40.8. The number of thiophene rings is 1. The molecule has 2 amide bonds. The number of benzene rings is 2. The largest absolute Gasteiger partial charge is 0.465 e. The van der Waals surface area contributed by atoms with Crippen molar-refractivity contribution < 1.29 is 19.1 Å². The maximum atomic E-state index is 13.4. The molecule has 0 bridgehead atoms. The van der Waals surface area contributed by atoms with E-state index < -0.39 is 5.97 Å². The van der Waals surface area contributed by atoms with Gasteiger partial charge in [0.2, 0.25) is 5.91 Å². The fourth-order valence-corrected chi connectivity index (χ4v) is 6.85. The SMILES string of the molecule is CCC(Sc1cccc(NC(=O)c2ccc(C)cc2)c1)C(=O)Nc1sc2c(c1C(=O)OC)CCCCCC2. The molecule has 6 nitrogen and oxygen atoms in total. The van der Waals surface area contributed by atoms with Crippen LogP contribution in [0.1, 0.15) is 75.7 Å². The Morgan fingerprint density at radius 2 is 1.74 bits per heavy atom. The summed E-state index contributed by atoms with van der Waals surface area (Å²) in [5.74, 6) is -0.720. The Balaban J connectivity index is 1.48. The molecule has 1 aliphatic rings. The first-order valence-corrected chi connectivity index (χ1v) is 14.8. The van der Waals surface area contributed by atoms with E-state index in [0.717, 1.165) is 48.1 Å². The zero-order chi connectivity index (χ0) is 27.1. The molecule has 0 spiro atoms. The Bertz CT molecular complexity index is 1300. The second kappa shape index (κ2) is 13.1. The van der Waals surface area contributed by atoms with E-state index in [1.54, 1.807) is 12.1 Å². The summed E-state index contributed by atoms with van der Waals surface area (Å²) in [6.07, 6.45) is 6.82. The Morgan fingerprint density at radius 1 is 1.00 bits per heavy atom. The van der Waals surface area contributed by atoms with Gasteiger partial charge < -0.3 is 15.4 Å². The van der Waals surface area contributed by atoms with E-state index in [2.05, 4.69) is 10.6 Å².